The van der Waals surface area contributed by atoms with Crippen molar-refractivity contribution in [3.05, 3.63) is 35.9 Å². The number of hydrogen-bond donors (Lipinski definition) is 0. The first kappa shape index (κ1) is 19.3. The van der Waals surface area contributed by atoms with E-state index in [1.54, 1.807) is 30.3 Å². The van der Waals surface area contributed by atoms with E-state index in [4.69, 9.17) is 0 Å². The predicted molar refractivity (Wildman–Crippen MR) is 63.4 cm³/mol. The van der Waals surface area contributed by atoms with Crippen molar-refractivity contribution in [2.75, 3.05) is 13.3 Å². The molecule has 1 rings (SSSR count). The molecule has 0 fully saturated rings. The van der Waals surface area contributed by atoms with E-state index in [-0.39, 0.29) is 6.42 Å². The van der Waals surface area contributed by atoms with Crippen molar-refractivity contribution < 1.29 is 36.9 Å². The summed E-state index contributed by atoms with van der Waals surface area (Å²) in [7, 11) is 0. The molecule has 0 amide bonds. The summed E-state index contributed by atoms with van der Waals surface area (Å²) in [5.74, 6) is -11.7. The Morgan fingerprint density at radius 1 is 1.00 bits per heavy atom. The van der Waals surface area contributed by atoms with Crippen molar-refractivity contribution in [1.29, 1.82) is 0 Å². The van der Waals surface area contributed by atoms with Gasteiger partial charge in [-0.3, -0.25) is 0 Å². The molecule has 0 unspecified atom stereocenters. The Hall–Kier alpha value is -0.711. The molecule has 0 bridgehead atoms. The van der Waals surface area contributed by atoms with Gasteiger partial charge in [0.05, 0.1) is 0 Å². The van der Waals surface area contributed by atoms with E-state index < -0.39 is 49.2 Å². The normalized spacial score (nSPS) is 13.2. The van der Waals surface area contributed by atoms with Gasteiger partial charge < -0.3 is 0 Å². The van der Waals surface area contributed by atoms with Crippen LogP contribution in [-0.2, 0) is 12.6 Å². The van der Waals surface area contributed by atoms with Gasteiger partial charge >= 0.3 is 128 Å². The molecule has 0 N–H and O–H groups in total. The number of benzene rings is 1. The van der Waals surface area contributed by atoms with Crippen LogP contribution in [0.5, 0.6) is 0 Å². The number of hydrogen-bond acceptors (Lipinski definition) is 2. The number of halogens is 7. The van der Waals surface area contributed by atoms with E-state index in [0.29, 0.717) is 5.56 Å². The summed E-state index contributed by atoms with van der Waals surface area (Å²) < 4.78 is 99.5. The molecule has 0 heterocycles. The quantitative estimate of drug-likeness (QED) is 0.458. The van der Waals surface area contributed by atoms with E-state index in [0.717, 1.165) is 0 Å². The second kappa shape index (κ2) is 7.24. The second-order valence-electron chi connectivity index (χ2n) is 4.36. The Morgan fingerprint density at radius 2 is 1.55 bits per heavy atom. The first-order chi connectivity index (χ1) is 10.1. The Labute approximate surface area is 128 Å². The van der Waals surface area contributed by atoms with Gasteiger partial charge in [-0.05, 0) is 0 Å². The molecule has 1 aromatic carbocycles. The third-order valence-corrected chi connectivity index (χ3v) is 6.44. The van der Waals surface area contributed by atoms with Crippen LogP contribution in [0.4, 0.5) is 30.7 Å². The Balaban J connectivity index is 2.70. The zero-order valence-corrected chi connectivity index (χ0v) is 13.8. The summed E-state index contributed by atoms with van der Waals surface area (Å²) in [6, 6.07) is 8.09. The fourth-order valence-corrected chi connectivity index (χ4v) is 4.03. The SMILES string of the molecule is [O]=[Sn]([O]CCc1ccccc1)[C](F)(F)C(F)(F)C(F)(F)CF. The first-order valence-corrected chi connectivity index (χ1v) is 9.72. The van der Waals surface area contributed by atoms with E-state index in [1.807, 2.05) is 0 Å². The van der Waals surface area contributed by atoms with Gasteiger partial charge in [-0.15, -0.1) is 0 Å². The minimum atomic E-state index is -6.07. The van der Waals surface area contributed by atoms with Crippen LogP contribution >= 0.6 is 0 Å². The third kappa shape index (κ3) is 3.97. The molecular weight excluding hydrogens is 428 g/mol. The molecule has 0 aliphatic heterocycles. The van der Waals surface area contributed by atoms with Crippen LogP contribution in [0, 0.1) is 0 Å². The summed E-state index contributed by atoms with van der Waals surface area (Å²) in [5, 5.41) is 0. The Bertz CT molecular complexity index is 507. The molecular formula is C12H11F7O2Sn. The minimum absolute atomic E-state index is 0.00566. The van der Waals surface area contributed by atoms with Gasteiger partial charge in [-0.25, -0.2) is 0 Å². The number of alkyl halides is 7. The zero-order chi connectivity index (χ0) is 17.0. The fourth-order valence-electron chi connectivity index (χ4n) is 1.44. The monoisotopic (exact) mass is 440 g/mol. The van der Waals surface area contributed by atoms with E-state index in [9.17, 15) is 33.8 Å². The summed E-state index contributed by atoms with van der Waals surface area (Å²) in [6.45, 7) is -3.58. The van der Waals surface area contributed by atoms with Crippen molar-refractivity contribution in [2.24, 2.45) is 0 Å². The predicted octanol–water partition coefficient (Wildman–Crippen LogP) is 3.58. The van der Waals surface area contributed by atoms with Crippen LogP contribution in [0.1, 0.15) is 5.56 Å². The van der Waals surface area contributed by atoms with Crippen LogP contribution in [0.25, 0.3) is 0 Å². The molecule has 10 heteroatoms. The van der Waals surface area contributed by atoms with Crippen LogP contribution in [-0.4, -0.2) is 49.2 Å². The van der Waals surface area contributed by atoms with E-state index in [1.165, 1.54) is 0 Å². The van der Waals surface area contributed by atoms with Crippen LogP contribution in [0.2, 0.25) is 0 Å². The molecule has 0 aliphatic rings. The zero-order valence-electron chi connectivity index (χ0n) is 11.0. The van der Waals surface area contributed by atoms with Gasteiger partial charge in [0.25, 0.3) is 0 Å². The average Bonchev–Trinajstić information content (AvgIpc) is 2.47. The number of rotatable bonds is 8. The molecule has 22 heavy (non-hydrogen) atoms. The van der Waals surface area contributed by atoms with Crippen molar-refractivity contribution in [2.45, 2.75) is 22.2 Å². The fraction of sp³-hybridized carbons (Fsp3) is 0.500. The van der Waals surface area contributed by atoms with Gasteiger partial charge in [0, 0.05) is 0 Å². The molecule has 124 valence electrons. The Kier molecular flexibility index (Phi) is 6.36. The molecule has 0 spiro atoms. The van der Waals surface area contributed by atoms with Crippen LogP contribution < -0.4 is 0 Å². The average molecular weight is 439 g/mol. The standard InChI is InChI=1S/C8H9O.C4H2F7.O.Sn/c9-7-6-8-4-2-1-3-5-8;5-1-3(8,9)4(10,11)2(6)7;;/h1-5H,6-7H2;1H2;;/q-1;;;+1. The van der Waals surface area contributed by atoms with Gasteiger partial charge in [0.1, 0.15) is 0 Å². The van der Waals surface area contributed by atoms with Gasteiger partial charge in [0.15, 0.2) is 0 Å². The molecule has 2 nitrogen and oxygen atoms in total. The van der Waals surface area contributed by atoms with Crippen molar-refractivity contribution in [3.8, 4) is 0 Å². The van der Waals surface area contributed by atoms with E-state index in [2.05, 4.69) is 3.07 Å². The van der Waals surface area contributed by atoms with Crippen molar-refractivity contribution >= 4 is 20.2 Å². The maximum absolute atomic E-state index is 13.3. The summed E-state index contributed by atoms with van der Waals surface area (Å²) in [4.78, 5) is 0. The molecule has 1 aromatic rings. The topological polar surface area (TPSA) is 26.3 Å². The molecule has 0 radical (unpaired) electrons. The van der Waals surface area contributed by atoms with E-state index >= 15 is 0 Å². The first-order valence-electron chi connectivity index (χ1n) is 5.97. The van der Waals surface area contributed by atoms with Crippen molar-refractivity contribution in [1.82, 2.24) is 0 Å². The van der Waals surface area contributed by atoms with Gasteiger partial charge in [0.2, 0.25) is 0 Å². The van der Waals surface area contributed by atoms with Gasteiger partial charge in [-0.1, -0.05) is 0 Å². The second-order valence-corrected chi connectivity index (χ2v) is 8.62. The Morgan fingerprint density at radius 3 is 2.05 bits per heavy atom. The maximum atomic E-state index is 13.3. The molecule has 0 atom stereocenters. The third-order valence-electron chi connectivity index (χ3n) is 2.74. The summed E-state index contributed by atoms with van der Waals surface area (Å²) in [5.41, 5.74) is 0.600. The molecule has 0 saturated heterocycles. The molecule has 0 aromatic heterocycles. The van der Waals surface area contributed by atoms with Gasteiger partial charge in [-0.2, -0.15) is 0 Å². The van der Waals surface area contributed by atoms with Crippen LogP contribution in [0.15, 0.2) is 30.3 Å². The summed E-state index contributed by atoms with van der Waals surface area (Å²) >= 11 is -5.91. The van der Waals surface area contributed by atoms with Crippen molar-refractivity contribution in [3.63, 3.8) is 0 Å². The molecule has 0 aliphatic carbocycles. The van der Waals surface area contributed by atoms with Crippen LogP contribution in [0.3, 0.4) is 0 Å². The summed E-state index contributed by atoms with van der Waals surface area (Å²) in [6.07, 6.45) is -0.00566. The molecule has 0 saturated carbocycles.